The molecule has 3 N–H and O–H groups in total. The lowest BCUT2D eigenvalue weighted by molar-refractivity contribution is -0.134. The van der Waals surface area contributed by atoms with Gasteiger partial charge in [-0.1, -0.05) is 47.7 Å². The minimum atomic E-state index is -1.09. The molecule has 380 valence electrons. The molecule has 2 saturated heterocycles. The van der Waals surface area contributed by atoms with E-state index >= 15 is 0 Å². The maximum atomic E-state index is 13.7. The molecule has 74 heavy (non-hydrogen) atoms. The third-order valence-corrected chi connectivity index (χ3v) is 17.6. The number of piperazine rings is 1. The van der Waals surface area contributed by atoms with Gasteiger partial charge in [0.2, 0.25) is 11.8 Å². The Kier molecular flexibility index (Phi) is 12.9. The average molecular weight is 1010 g/mol. The molecular weight excluding hydrogens is 951 g/mol. The van der Waals surface area contributed by atoms with E-state index in [-0.39, 0.29) is 29.5 Å². The quantitative estimate of drug-likeness (QED) is 0.0936. The van der Waals surface area contributed by atoms with Crippen LogP contribution in [-0.4, -0.2) is 98.8 Å². The zero-order chi connectivity index (χ0) is 50.6. The zero-order valence-electron chi connectivity index (χ0n) is 41.9. The number of piperidine rings is 1. The maximum Gasteiger partial charge on any atom is 0.355 e. The number of pyridine rings is 1. The Hall–Kier alpha value is -7.17. The second-order valence-corrected chi connectivity index (χ2v) is 22.1. The van der Waals surface area contributed by atoms with Crippen molar-refractivity contribution >= 4 is 72.8 Å². The highest BCUT2D eigenvalue weighted by Crippen LogP contribution is 2.49. The Morgan fingerprint density at radius 1 is 0.851 bits per heavy atom. The van der Waals surface area contributed by atoms with Gasteiger partial charge in [0.25, 0.3) is 5.91 Å². The van der Waals surface area contributed by atoms with Crippen LogP contribution in [-0.2, 0) is 29.6 Å². The highest BCUT2D eigenvalue weighted by atomic mass is 32.1. The summed E-state index contributed by atoms with van der Waals surface area (Å²) in [5.74, 6) is 1.27. The number of carboxylic acid groups (broad SMARTS) is 1. The minimum absolute atomic E-state index is 0.0114. The van der Waals surface area contributed by atoms with E-state index in [2.05, 4.69) is 54.6 Å². The largest absolute Gasteiger partial charge is 0.490 e. The van der Waals surface area contributed by atoms with Crippen LogP contribution in [0.25, 0.3) is 32.2 Å². The monoisotopic (exact) mass is 1010 g/mol. The average Bonchev–Trinajstić information content (AvgIpc) is 4.18. The van der Waals surface area contributed by atoms with Gasteiger partial charge < -0.3 is 19.6 Å². The molecule has 15 nitrogen and oxygen atoms in total. The first-order chi connectivity index (χ1) is 36.0. The van der Waals surface area contributed by atoms with Crippen LogP contribution in [0, 0.1) is 24.7 Å². The lowest BCUT2D eigenvalue weighted by atomic mass is 9.93. The van der Waals surface area contributed by atoms with Crippen molar-refractivity contribution in [3.63, 3.8) is 0 Å². The van der Waals surface area contributed by atoms with Crippen LogP contribution in [0.4, 0.5) is 16.6 Å². The molecular formula is C58H61N9O6S. The fourth-order valence-electron chi connectivity index (χ4n) is 12.8. The Labute approximate surface area is 433 Å². The van der Waals surface area contributed by atoms with Gasteiger partial charge >= 0.3 is 5.97 Å². The summed E-state index contributed by atoms with van der Waals surface area (Å²) in [7, 11) is 1.92. The topological polar surface area (TPSA) is 175 Å². The van der Waals surface area contributed by atoms with Crippen molar-refractivity contribution in [2.45, 2.75) is 83.3 Å². The van der Waals surface area contributed by atoms with Crippen LogP contribution in [0.5, 0.6) is 5.75 Å². The molecule has 16 heteroatoms. The van der Waals surface area contributed by atoms with E-state index in [1.54, 1.807) is 0 Å². The van der Waals surface area contributed by atoms with Crippen LogP contribution in [0.3, 0.4) is 0 Å². The number of aryl methyl sites for hydroxylation is 1. The van der Waals surface area contributed by atoms with Crippen LogP contribution in [0.2, 0.25) is 0 Å². The summed E-state index contributed by atoms with van der Waals surface area (Å²) in [6.07, 6.45) is 8.77. The van der Waals surface area contributed by atoms with Gasteiger partial charge in [0, 0.05) is 74.9 Å². The molecule has 5 aliphatic rings. The number of amides is 3. The number of nitrogens with one attached hydrogen (secondary N) is 2. The third kappa shape index (κ3) is 9.38. The lowest BCUT2D eigenvalue weighted by Crippen LogP contribution is -2.46. The Morgan fingerprint density at radius 2 is 1.66 bits per heavy atom. The highest BCUT2D eigenvalue weighted by molar-refractivity contribution is 7.22. The second-order valence-electron chi connectivity index (χ2n) is 21.1. The summed E-state index contributed by atoms with van der Waals surface area (Å²) in [5.41, 5.74) is 8.58. The molecule has 4 fully saturated rings. The summed E-state index contributed by atoms with van der Waals surface area (Å²) in [6.45, 7) is 8.20. The van der Waals surface area contributed by atoms with E-state index in [0.717, 1.165) is 106 Å². The molecule has 3 aliphatic heterocycles. The van der Waals surface area contributed by atoms with Gasteiger partial charge in [0.1, 0.15) is 11.6 Å². The molecule has 0 bridgehead atoms. The van der Waals surface area contributed by atoms with Crippen molar-refractivity contribution in [3.8, 4) is 16.9 Å². The molecule has 7 aromatic rings. The first-order valence-corrected chi connectivity index (χ1v) is 27.1. The number of aromatic carboxylic acids is 1. The van der Waals surface area contributed by atoms with Crippen LogP contribution in [0.1, 0.15) is 101 Å². The molecule has 0 radical (unpaired) electrons. The van der Waals surface area contributed by atoms with Gasteiger partial charge in [0.15, 0.2) is 10.8 Å². The van der Waals surface area contributed by atoms with Crippen LogP contribution < -0.4 is 25.2 Å². The number of imide groups is 1. The number of anilines is 3. The van der Waals surface area contributed by atoms with Gasteiger partial charge in [-0.3, -0.25) is 34.6 Å². The smallest absolute Gasteiger partial charge is 0.355 e. The van der Waals surface area contributed by atoms with Gasteiger partial charge in [-0.2, -0.15) is 5.10 Å². The van der Waals surface area contributed by atoms with E-state index in [9.17, 15) is 24.3 Å². The van der Waals surface area contributed by atoms with E-state index in [4.69, 9.17) is 14.8 Å². The normalized spacial score (nSPS) is 22.0. The maximum absolute atomic E-state index is 13.7. The summed E-state index contributed by atoms with van der Waals surface area (Å²) >= 11 is 1.44. The minimum Gasteiger partial charge on any atom is -0.490 e. The molecule has 0 spiro atoms. The number of rotatable bonds is 13. The molecule has 6 heterocycles. The summed E-state index contributed by atoms with van der Waals surface area (Å²) in [6, 6.07) is 29.7. The van der Waals surface area contributed by atoms with Crippen molar-refractivity contribution in [1.29, 1.82) is 0 Å². The molecule has 2 saturated carbocycles. The van der Waals surface area contributed by atoms with Gasteiger partial charge in [0.05, 0.1) is 33.4 Å². The van der Waals surface area contributed by atoms with Gasteiger partial charge in [-0.15, -0.1) is 0 Å². The Bertz CT molecular complexity index is 3300. The number of thiazole rings is 1. The Morgan fingerprint density at radius 3 is 2.46 bits per heavy atom. The second kappa shape index (κ2) is 19.9. The summed E-state index contributed by atoms with van der Waals surface area (Å²) in [4.78, 5) is 67.5. The number of hydrogen-bond donors (Lipinski definition) is 3. The molecule has 5 atom stereocenters. The first-order valence-electron chi connectivity index (χ1n) is 26.3. The predicted molar refractivity (Wildman–Crippen MR) is 287 cm³/mol. The van der Waals surface area contributed by atoms with E-state index in [1.807, 2.05) is 85.4 Å². The number of benzene rings is 4. The van der Waals surface area contributed by atoms with Crippen molar-refractivity contribution in [3.05, 3.63) is 125 Å². The number of nitrogens with zero attached hydrogens (tertiary/aromatic N) is 7. The SMILES string of the molecule is Cc1c(OC2C[C@H]3CC(CCCN4CCN(c5ccc6c(C7CCC(=O)NC7=O)nn(C)c6c5)CC4)C[C@H]3C2)cccc1-c1ccc(N2CCc3cccc(C(=O)Nc4nc5ccccc5s4)c3C2)nc1C(=O)O. The predicted octanol–water partition coefficient (Wildman–Crippen LogP) is 9.37. The van der Waals surface area contributed by atoms with Crippen molar-refractivity contribution in [1.82, 2.24) is 30.0 Å². The summed E-state index contributed by atoms with van der Waals surface area (Å²) < 4.78 is 9.65. The molecule has 3 unspecified atom stereocenters. The number of carbonyl (C=O) groups is 4. The number of ether oxygens (including phenoxy) is 1. The molecule has 2 aliphatic carbocycles. The number of carboxylic acids is 1. The Balaban J connectivity index is 0.625. The van der Waals surface area contributed by atoms with Gasteiger partial charge in [-0.25, -0.2) is 14.8 Å². The van der Waals surface area contributed by atoms with Crippen LogP contribution >= 0.6 is 11.3 Å². The first kappa shape index (κ1) is 47.8. The van der Waals surface area contributed by atoms with E-state index in [1.165, 1.54) is 42.7 Å². The zero-order valence-corrected chi connectivity index (χ0v) is 42.7. The van der Waals surface area contributed by atoms with Crippen molar-refractivity contribution in [2.24, 2.45) is 24.8 Å². The number of fused-ring (bicyclic) bond motifs is 4. The summed E-state index contributed by atoms with van der Waals surface area (Å²) in [5, 5.41) is 22.3. The molecule has 3 aromatic heterocycles. The molecule has 12 rings (SSSR count). The number of para-hydroxylation sites is 1. The third-order valence-electron chi connectivity index (χ3n) is 16.6. The number of carbonyl (C=O) groups excluding carboxylic acids is 3. The molecule has 3 amide bonds. The number of hydrogen-bond acceptors (Lipinski definition) is 12. The standard InChI is InChI=1S/C58H61N9O6S/c1-34-41(42-17-19-51(60-54(42)57(71)72)67-23-21-36-9-5-11-43(46(36)33-67)55(69)62-58-59-47-12-3-4-14-50(47)74-58)10-6-13-49(34)73-40-30-37-28-35(29-38(37)31-40)8-7-22-65-24-26-66(27-25-65)39-15-16-44-48(32-39)64(2)63-53(44)45-18-20-52(68)61-56(45)70/h3-6,9-17,19,32,35,37-38,40,45H,7-8,18,20-31,33H2,1-2H3,(H,71,72)(H,59,62,69)(H,61,68,70)/t35?,37-,38+,40?,45?. The van der Waals surface area contributed by atoms with Crippen molar-refractivity contribution in [2.75, 3.05) is 54.4 Å². The highest BCUT2D eigenvalue weighted by Gasteiger charge is 2.42. The van der Waals surface area contributed by atoms with E-state index < -0.39 is 11.9 Å². The fourth-order valence-corrected chi connectivity index (χ4v) is 13.7. The van der Waals surface area contributed by atoms with Crippen molar-refractivity contribution < 1.29 is 29.0 Å². The lowest BCUT2D eigenvalue weighted by Gasteiger charge is -2.36. The van der Waals surface area contributed by atoms with Gasteiger partial charge in [-0.05, 0) is 159 Å². The molecule has 4 aromatic carbocycles. The van der Waals surface area contributed by atoms with Crippen LogP contribution in [0.15, 0.2) is 91.0 Å². The van der Waals surface area contributed by atoms with E-state index in [0.29, 0.717) is 66.3 Å². The number of aromatic nitrogens is 4. The fraction of sp³-hybridized carbons (Fsp3) is 0.397.